The standard InChI is InChI=1S/C13H15N3O3/c1-3-11(14-8(2)17)12-15-13(19-16-12)9-4-6-10(18)7-5-9/h4-7,11,18H,3H2,1-2H3,(H,14,17). The molecule has 0 spiro atoms. The van der Waals surface area contributed by atoms with Gasteiger partial charge in [-0.1, -0.05) is 12.1 Å². The molecular formula is C13H15N3O3. The van der Waals surface area contributed by atoms with E-state index in [0.717, 1.165) is 0 Å². The summed E-state index contributed by atoms with van der Waals surface area (Å²) in [7, 11) is 0. The van der Waals surface area contributed by atoms with Gasteiger partial charge in [-0.3, -0.25) is 4.79 Å². The Balaban J connectivity index is 2.22. The first-order valence-electron chi connectivity index (χ1n) is 6.00. The van der Waals surface area contributed by atoms with Gasteiger partial charge in [0.05, 0.1) is 6.04 Å². The largest absolute Gasteiger partial charge is 0.508 e. The zero-order chi connectivity index (χ0) is 13.8. The van der Waals surface area contributed by atoms with E-state index in [1.54, 1.807) is 24.3 Å². The molecule has 1 unspecified atom stereocenters. The van der Waals surface area contributed by atoms with Crippen molar-refractivity contribution in [2.24, 2.45) is 0 Å². The summed E-state index contributed by atoms with van der Waals surface area (Å²) < 4.78 is 5.16. The molecule has 0 radical (unpaired) electrons. The molecule has 2 aromatic rings. The van der Waals surface area contributed by atoms with Crippen molar-refractivity contribution in [2.75, 3.05) is 0 Å². The van der Waals surface area contributed by atoms with Crippen LogP contribution in [0.4, 0.5) is 0 Å². The maximum atomic E-state index is 11.1. The lowest BCUT2D eigenvalue weighted by Gasteiger charge is -2.10. The number of aromatic hydroxyl groups is 1. The summed E-state index contributed by atoms with van der Waals surface area (Å²) in [4.78, 5) is 15.3. The van der Waals surface area contributed by atoms with E-state index in [4.69, 9.17) is 4.52 Å². The number of nitrogens with zero attached hydrogens (tertiary/aromatic N) is 2. The number of phenols is 1. The molecule has 1 aromatic carbocycles. The summed E-state index contributed by atoms with van der Waals surface area (Å²) in [6.07, 6.45) is 0.675. The molecule has 2 N–H and O–H groups in total. The number of hydrogen-bond donors (Lipinski definition) is 2. The molecule has 0 bridgehead atoms. The van der Waals surface area contributed by atoms with Crippen molar-refractivity contribution in [3.8, 4) is 17.2 Å². The molecule has 0 aliphatic heterocycles. The van der Waals surface area contributed by atoms with Crippen LogP contribution in [0, 0.1) is 0 Å². The Labute approximate surface area is 110 Å². The second-order valence-electron chi connectivity index (χ2n) is 4.17. The van der Waals surface area contributed by atoms with Crippen molar-refractivity contribution >= 4 is 5.91 Å². The lowest BCUT2D eigenvalue weighted by molar-refractivity contribution is -0.119. The highest BCUT2D eigenvalue weighted by Crippen LogP contribution is 2.22. The SMILES string of the molecule is CCC(NC(C)=O)c1noc(-c2ccc(O)cc2)n1. The Morgan fingerprint density at radius 3 is 2.68 bits per heavy atom. The minimum Gasteiger partial charge on any atom is -0.508 e. The van der Waals surface area contributed by atoms with E-state index >= 15 is 0 Å². The maximum absolute atomic E-state index is 11.1. The quantitative estimate of drug-likeness (QED) is 0.879. The number of phenolic OH excluding ortho intramolecular Hbond substituents is 1. The van der Waals surface area contributed by atoms with Gasteiger partial charge in [0.25, 0.3) is 5.89 Å². The molecule has 1 amide bonds. The molecule has 0 aliphatic rings. The molecular weight excluding hydrogens is 246 g/mol. The van der Waals surface area contributed by atoms with Gasteiger partial charge in [0, 0.05) is 12.5 Å². The van der Waals surface area contributed by atoms with Gasteiger partial charge in [0.1, 0.15) is 5.75 Å². The van der Waals surface area contributed by atoms with Crippen molar-refractivity contribution in [3.05, 3.63) is 30.1 Å². The molecule has 2 rings (SSSR count). The van der Waals surface area contributed by atoms with Gasteiger partial charge in [-0.15, -0.1) is 0 Å². The van der Waals surface area contributed by atoms with E-state index in [-0.39, 0.29) is 17.7 Å². The molecule has 1 aromatic heterocycles. The van der Waals surface area contributed by atoms with Crippen molar-refractivity contribution in [1.29, 1.82) is 0 Å². The average Bonchev–Trinajstić information content (AvgIpc) is 2.86. The number of hydrogen-bond acceptors (Lipinski definition) is 5. The van der Waals surface area contributed by atoms with Gasteiger partial charge >= 0.3 is 0 Å². The smallest absolute Gasteiger partial charge is 0.258 e. The zero-order valence-corrected chi connectivity index (χ0v) is 10.8. The Kier molecular flexibility index (Phi) is 3.79. The second-order valence-corrected chi connectivity index (χ2v) is 4.17. The molecule has 0 saturated heterocycles. The van der Waals surface area contributed by atoms with Crippen LogP contribution < -0.4 is 5.32 Å². The van der Waals surface area contributed by atoms with Crippen LogP contribution in [-0.4, -0.2) is 21.2 Å². The highest BCUT2D eigenvalue weighted by atomic mass is 16.5. The Hall–Kier alpha value is -2.37. The molecule has 1 atom stereocenters. The van der Waals surface area contributed by atoms with Gasteiger partial charge in [-0.2, -0.15) is 4.98 Å². The first-order valence-corrected chi connectivity index (χ1v) is 6.00. The van der Waals surface area contributed by atoms with Crippen LogP contribution >= 0.6 is 0 Å². The first kappa shape index (κ1) is 13.1. The van der Waals surface area contributed by atoms with E-state index in [9.17, 15) is 9.90 Å². The van der Waals surface area contributed by atoms with Crippen molar-refractivity contribution in [1.82, 2.24) is 15.5 Å². The van der Waals surface area contributed by atoms with Crippen molar-refractivity contribution in [2.45, 2.75) is 26.3 Å². The third-order valence-electron chi connectivity index (χ3n) is 2.65. The molecule has 1 heterocycles. The van der Waals surface area contributed by atoms with Crippen LogP contribution in [0.3, 0.4) is 0 Å². The monoisotopic (exact) mass is 261 g/mol. The van der Waals surface area contributed by atoms with Crippen molar-refractivity contribution in [3.63, 3.8) is 0 Å². The van der Waals surface area contributed by atoms with Crippen LogP contribution in [0.15, 0.2) is 28.8 Å². The summed E-state index contributed by atoms with van der Waals surface area (Å²) in [6, 6.07) is 6.21. The fraction of sp³-hybridized carbons (Fsp3) is 0.308. The van der Waals surface area contributed by atoms with E-state index in [0.29, 0.717) is 23.7 Å². The van der Waals surface area contributed by atoms with Gasteiger partial charge in [0.2, 0.25) is 5.91 Å². The Bertz CT molecular complexity index is 563. The van der Waals surface area contributed by atoms with E-state index in [1.807, 2.05) is 6.92 Å². The molecule has 0 aliphatic carbocycles. The number of carbonyl (C=O) groups excluding carboxylic acids is 1. The number of benzene rings is 1. The summed E-state index contributed by atoms with van der Waals surface area (Å²) in [6.45, 7) is 3.38. The van der Waals surface area contributed by atoms with Gasteiger partial charge in [-0.25, -0.2) is 0 Å². The summed E-state index contributed by atoms with van der Waals surface area (Å²) in [5, 5.41) is 15.9. The molecule has 6 heteroatoms. The van der Waals surface area contributed by atoms with Crippen molar-refractivity contribution < 1.29 is 14.4 Å². The van der Waals surface area contributed by atoms with E-state index < -0.39 is 0 Å². The van der Waals surface area contributed by atoms with Crippen LogP contribution in [0.25, 0.3) is 11.5 Å². The van der Waals surface area contributed by atoms with Crippen LogP contribution in [0.2, 0.25) is 0 Å². The van der Waals surface area contributed by atoms with Gasteiger partial charge in [-0.05, 0) is 30.7 Å². The Morgan fingerprint density at radius 1 is 1.42 bits per heavy atom. The molecule has 0 saturated carbocycles. The fourth-order valence-corrected chi connectivity index (χ4v) is 1.69. The van der Waals surface area contributed by atoms with Gasteiger partial charge < -0.3 is 14.9 Å². The minimum atomic E-state index is -0.257. The third kappa shape index (κ3) is 3.09. The number of nitrogens with one attached hydrogen (secondary N) is 1. The summed E-state index contributed by atoms with van der Waals surface area (Å²) in [5.74, 6) is 0.843. The Morgan fingerprint density at radius 2 is 2.11 bits per heavy atom. The molecule has 100 valence electrons. The van der Waals surface area contributed by atoms with Crippen LogP contribution in [0.5, 0.6) is 5.75 Å². The number of aromatic nitrogens is 2. The number of rotatable bonds is 4. The highest BCUT2D eigenvalue weighted by molar-refractivity contribution is 5.73. The lowest BCUT2D eigenvalue weighted by Crippen LogP contribution is -2.26. The van der Waals surface area contributed by atoms with Crippen LogP contribution in [-0.2, 0) is 4.79 Å². The third-order valence-corrected chi connectivity index (χ3v) is 2.65. The maximum Gasteiger partial charge on any atom is 0.258 e. The fourth-order valence-electron chi connectivity index (χ4n) is 1.69. The highest BCUT2D eigenvalue weighted by Gasteiger charge is 2.18. The number of amides is 1. The predicted octanol–water partition coefficient (Wildman–Crippen LogP) is 2.03. The first-order chi connectivity index (χ1) is 9.10. The summed E-state index contributed by atoms with van der Waals surface area (Å²) in [5.41, 5.74) is 0.717. The normalized spacial score (nSPS) is 12.1. The lowest BCUT2D eigenvalue weighted by atomic mass is 10.2. The number of carbonyl (C=O) groups is 1. The predicted molar refractivity (Wildman–Crippen MR) is 68.2 cm³/mol. The topological polar surface area (TPSA) is 88.2 Å². The molecule has 19 heavy (non-hydrogen) atoms. The summed E-state index contributed by atoms with van der Waals surface area (Å²) >= 11 is 0. The molecule has 0 fully saturated rings. The second kappa shape index (κ2) is 5.51. The van der Waals surface area contributed by atoms with E-state index in [1.165, 1.54) is 6.92 Å². The van der Waals surface area contributed by atoms with Crippen LogP contribution in [0.1, 0.15) is 32.1 Å². The molecule has 6 nitrogen and oxygen atoms in total. The average molecular weight is 261 g/mol. The van der Waals surface area contributed by atoms with Gasteiger partial charge in [0.15, 0.2) is 5.82 Å². The van der Waals surface area contributed by atoms with E-state index in [2.05, 4.69) is 15.5 Å². The zero-order valence-electron chi connectivity index (χ0n) is 10.8. The minimum absolute atomic E-state index is 0.136.